The van der Waals surface area contributed by atoms with Crippen molar-refractivity contribution in [3.8, 4) is 0 Å². The fourth-order valence-corrected chi connectivity index (χ4v) is 2.30. The molecule has 0 spiro atoms. The molecule has 1 aromatic heterocycles. The SMILES string of the molecule is CCC(=O)N(Cc1ccccc1)[C@H](C)C(=O)NCc1ccco1. The minimum atomic E-state index is -0.544. The molecule has 2 amide bonds. The van der Waals surface area contributed by atoms with E-state index in [9.17, 15) is 9.59 Å². The molecule has 0 bridgehead atoms. The average molecular weight is 314 g/mol. The minimum absolute atomic E-state index is 0.0468. The Hall–Kier alpha value is -2.56. The maximum Gasteiger partial charge on any atom is 0.242 e. The summed E-state index contributed by atoms with van der Waals surface area (Å²) in [6, 6.07) is 12.7. The van der Waals surface area contributed by atoms with Crippen LogP contribution in [0, 0.1) is 0 Å². The number of hydrogen-bond donors (Lipinski definition) is 1. The van der Waals surface area contributed by atoms with Crippen LogP contribution in [0.2, 0.25) is 0 Å². The van der Waals surface area contributed by atoms with Crippen molar-refractivity contribution in [2.45, 2.75) is 39.4 Å². The van der Waals surface area contributed by atoms with E-state index in [0.717, 1.165) is 5.56 Å². The Morgan fingerprint density at radius 2 is 1.91 bits per heavy atom. The number of carbonyl (C=O) groups excluding carboxylic acids is 2. The van der Waals surface area contributed by atoms with Crippen LogP contribution in [0.15, 0.2) is 53.1 Å². The van der Waals surface area contributed by atoms with Gasteiger partial charge in [0.15, 0.2) is 0 Å². The van der Waals surface area contributed by atoms with E-state index in [4.69, 9.17) is 4.42 Å². The third-order valence-electron chi connectivity index (χ3n) is 3.68. The summed E-state index contributed by atoms with van der Waals surface area (Å²) in [5, 5.41) is 2.80. The first kappa shape index (κ1) is 16.8. The van der Waals surface area contributed by atoms with Gasteiger partial charge in [0.1, 0.15) is 11.8 Å². The molecule has 0 unspecified atom stereocenters. The lowest BCUT2D eigenvalue weighted by atomic mass is 10.1. The van der Waals surface area contributed by atoms with Crippen LogP contribution in [0.1, 0.15) is 31.6 Å². The van der Waals surface area contributed by atoms with E-state index in [1.165, 1.54) is 0 Å². The van der Waals surface area contributed by atoms with E-state index < -0.39 is 6.04 Å². The zero-order chi connectivity index (χ0) is 16.7. The summed E-state index contributed by atoms with van der Waals surface area (Å²) >= 11 is 0. The molecule has 2 aromatic rings. The molecule has 122 valence electrons. The molecule has 0 saturated carbocycles. The van der Waals surface area contributed by atoms with Crippen molar-refractivity contribution in [1.82, 2.24) is 10.2 Å². The quantitative estimate of drug-likeness (QED) is 0.854. The second-order valence-corrected chi connectivity index (χ2v) is 5.33. The van der Waals surface area contributed by atoms with Crippen LogP contribution < -0.4 is 5.32 Å². The van der Waals surface area contributed by atoms with E-state index in [2.05, 4.69) is 5.32 Å². The molecule has 5 nitrogen and oxygen atoms in total. The Bertz CT molecular complexity index is 623. The molecule has 0 aliphatic carbocycles. The largest absolute Gasteiger partial charge is 0.467 e. The predicted octanol–water partition coefficient (Wildman–Crippen LogP) is 2.72. The maximum atomic E-state index is 12.3. The second-order valence-electron chi connectivity index (χ2n) is 5.33. The Kier molecular flexibility index (Phi) is 5.97. The summed E-state index contributed by atoms with van der Waals surface area (Å²) in [6.45, 7) is 4.28. The van der Waals surface area contributed by atoms with E-state index in [-0.39, 0.29) is 11.8 Å². The summed E-state index contributed by atoms with van der Waals surface area (Å²) in [6.07, 6.45) is 1.93. The number of nitrogens with zero attached hydrogens (tertiary/aromatic N) is 1. The zero-order valence-corrected chi connectivity index (χ0v) is 13.5. The number of furan rings is 1. The first-order valence-corrected chi connectivity index (χ1v) is 7.75. The Morgan fingerprint density at radius 1 is 1.17 bits per heavy atom. The summed E-state index contributed by atoms with van der Waals surface area (Å²) in [4.78, 5) is 26.2. The van der Waals surface area contributed by atoms with Crippen molar-refractivity contribution in [2.24, 2.45) is 0 Å². The highest BCUT2D eigenvalue weighted by molar-refractivity contribution is 5.87. The second kappa shape index (κ2) is 8.17. The van der Waals surface area contributed by atoms with Crippen molar-refractivity contribution in [3.05, 3.63) is 60.1 Å². The number of carbonyl (C=O) groups is 2. The number of rotatable bonds is 7. The number of hydrogen-bond acceptors (Lipinski definition) is 3. The monoisotopic (exact) mass is 314 g/mol. The molecule has 0 aliphatic heterocycles. The van der Waals surface area contributed by atoms with Gasteiger partial charge in [0.05, 0.1) is 12.8 Å². The molecule has 0 saturated heterocycles. The minimum Gasteiger partial charge on any atom is -0.467 e. The molecule has 1 heterocycles. The molecule has 5 heteroatoms. The highest BCUT2D eigenvalue weighted by atomic mass is 16.3. The van der Waals surface area contributed by atoms with Crippen LogP contribution in [0.3, 0.4) is 0 Å². The Labute approximate surface area is 136 Å². The van der Waals surface area contributed by atoms with E-state index in [1.54, 1.807) is 37.1 Å². The van der Waals surface area contributed by atoms with E-state index >= 15 is 0 Å². The molecule has 1 atom stereocenters. The first-order chi connectivity index (χ1) is 11.1. The molecule has 23 heavy (non-hydrogen) atoms. The molecule has 0 aliphatic rings. The first-order valence-electron chi connectivity index (χ1n) is 7.75. The van der Waals surface area contributed by atoms with Crippen LogP contribution in [0.5, 0.6) is 0 Å². The highest BCUT2D eigenvalue weighted by Gasteiger charge is 2.24. The van der Waals surface area contributed by atoms with Crippen LogP contribution in [0.4, 0.5) is 0 Å². The lowest BCUT2D eigenvalue weighted by Gasteiger charge is -2.28. The Morgan fingerprint density at radius 3 is 2.52 bits per heavy atom. The third kappa shape index (κ3) is 4.71. The van der Waals surface area contributed by atoms with Crippen molar-refractivity contribution in [1.29, 1.82) is 0 Å². The van der Waals surface area contributed by atoms with Crippen molar-refractivity contribution in [3.63, 3.8) is 0 Å². The van der Waals surface area contributed by atoms with Gasteiger partial charge in [-0.3, -0.25) is 9.59 Å². The van der Waals surface area contributed by atoms with Gasteiger partial charge in [-0.25, -0.2) is 0 Å². The Balaban J connectivity index is 2.01. The third-order valence-corrected chi connectivity index (χ3v) is 3.68. The van der Waals surface area contributed by atoms with Crippen molar-refractivity contribution >= 4 is 11.8 Å². The van der Waals surface area contributed by atoms with Crippen LogP contribution in [0.25, 0.3) is 0 Å². The maximum absolute atomic E-state index is 12.3. The van der Waals surface area contributed by atoms with Crippen molar-refractivity contribution < 1.29 is 14.0 Å². The van der Waals surface area contributed by atoms with Crippen LogP contribution >= 0.6 is 0 Å². The number of nitrogens with one attached hydrogen (secondary N) is 1. The topological polar surface area (TPSA) is 62.6 Å². The number of benzene rings is 1. The van der Waals surface area contributed by atoms with E-state index in [1.807, 2.05) is 30.3 Å². The lowest BCUT2D eigenvalue weighted by molar-refractivity contribution is -0.140. The normalized spacial score (nSPS) is 11.7. The smallest absolute Gasteiger partial charge is 0.242 e. The van der Waals surface area contributed by atoms with Gasteiger partial charge in [0.2, 0.25) is 11.8 Å². The standard InChI is InChI=1S/C18H22N2O3/c1-3-17(21)20(13-15-8-5-4-6-9-15)14(2)18(22)19-12-16-10-7-11-23-16/h4-11,14H,3,12-13H2,1-2H3,(H,19,22)/t14-/m1/s1. The summed E-state index contributed by atoms with van der Waals surface area (Å²) < 4.78 is 5.19. The van der Waals surface area contributed by atoms with Gasteiger partial charge in [-0.1, -0.05) is 37.3 Å². The summed E-state index contributed by atoms with van der Waals surface area (Å²) in [5.74, 6) is 0.440. The van der Waals surface area contributed by atoms with E-state index in [0.29, 0.717) is 25.3 Å². The fourth-order valence-electron chi connectivity index (χ4n) is 2.30. The highest BCUT2D eigenvalue weighted by Crippen LogP contribution is 2.11. The zero-order valence-electron chi connectivity index (χ0n) is 13.5. The van der Waals surface area contributed by atoms with Crippen LogP contribution in [-0.4, -0.2) is 22.8 Å². The van der Waals surface area contributed by atoms with Gasteiger partial charge in [0.25, 0.3) is 0 Å². The molecule has 1 N–H and O–H groups in total. The van der Waals surface area contributed by atoms with Gasteiger partial charge in [-0.15, -0.1) is 0 Å². The molecular formula is C18H22N2O3. The van der Waals surface area contributed by atoms with Gasteiger partial charge in [-0.05, 0) is 24.6 Å². The van der Waals surface area contributed by atoms with Crippen molar-refractivity contribution in [2.75, 3.05) is 0 Å². The molecular weight excluding hydrogens is 292 g/mol. The van der Waals surface area contributed by atoms with Gasteiger partial charge in [-0.2, -0.15) is 0 Å². The average Bonchev–Trinajstić information content (AvgIpc) is 3.10. The fraction of sp³-hybridized carbons (Fsp3) is 0.333. The predicted molar refractivity (Wildman–Crippen MR) is 87.3 cm³/mol. The number of amides is 2. The van der Waals surface area contributed by atoms with Crippen LogP contribution in [-0.2, 0) is 22.7 Å². The van der Waals surface area contributed by atoms with Gasteiger partial charge < -0.3 is 14.6 Å². The molecule has 2 rings (SSSR count). The lowest BCUT2D eigenvalue weighted by Crippen LogP contribution is -2.47. The summed E-state index contributed by atoms with van der Waals surface area (Å²) in [5.41, 5.74) is 1.000. The summed E-state index contributed by atoms with van der Waals surface area (Å²) in [7, 11) is 0. The molecule has 1 aromatic carbocycles. The molecule has 0 fully saturated rings. The molecule has 0 radical (unpaired) electrons. The van der Waals surface area contributed by atoms with Gasteiger partial charge in [0, 0.05) is 13.0 Å². The van der Waals surface area contributed by atoms with Gasteiger partial charge >= 0.3 is 0 Å².